The third-order valence-electron chi connectivity index (χ3n) is 3.26. The molecule has 2 rings (SSSR count). The van der Waals surface area contributed by atoms with Gasteiger partial charge in [0.15, 0.2) is 0 Å². The number of hydrogen-bond acceptors (Lipinski definition) is 4. The van der Waals surface area contributed by atoms with Crippen molar-refractivity contribution in [1.82, 2.24) is 5.32 Å². The van der Waals surface area contributed by atoms with Gasteiger partial charge >= 0.3 is 0 Å². The minimum atomic E-state index is -0.534. The topological polar surface area (TPSA) is 50.7 Å². The molecular formula is C17H23NO3. The zero-order valence-electron chi connectivity index (χ0n) is 12.8. The van der Waals surface area contributed by atoms with Gasteiger partial charge in [-0.15, -0.1) is 0 Å². The summed E-state index contributed by atoms with van der Waals surface area (Å²) in [6.45, 7) is 4.87. The Balaban J connectivity index is 2.09. The van der Waals surface area contributed by atoms with Crippen molar-refractivity contribution < 1.29 is 14.6 Å². The molecule has 2 N–H and O–H groups in total. The van der Waals surface area contributed by atoms with Crippen molar-refractivity contribution in [1.29, 1.82) is 0 Å². The maximum absolute atomic E-state index is 9.92. The molecule has 2 aromatic carbocycles. The monoisotopic (exact) mass is 289 g/mol. The quantitative estimate of drug-likeness (QED) is 0.822. The van der Waals surface area contributed by atoms with Crippen LogP contribution in [0.25, 0.3) is 10.8 Å². The molecule has 21 heavy (non-hydrogen) atoms. The van der Waals surface area contributed by atoms with E-state index in [1.165, 1.54) is 0 Å². The smallest absolute Gasteiger partial charge is 0.127 e. The molecule has 0 aliphatic heterocycles. The molecule has 0 amide bonds. The molecule has 4 nitrogen and oxygen atoms in total. The molecule has 4 heteroatoms. The Labute approximate surface area is 125 Å². The van der Waals surface area contributed by atoms with Crippen LogP contribution in [0.2, 0.25) is 0 Å². The fraction of sp³-hybridized carbons (Fsp3) is 0.412. The summed E-state index contributed by atoms with van der Waals surface area (Å²) in [5.41, 5.74) is 0. The van der Waals surface area contributed by atoms with Gasteiger partial charge in [-0.1, -0.05) is 38.1 Å². The molecule has 1 atom stereocenters. The fourth-order valence-electron chi connectivity index (χ4n) is 2.16. The van der Waals surface area contributed by atoms with Crippen molar-refractivity contribution in [2.75, 3.05) is 20.3 Å². The van der Waals surface area contributed by atoms with Crippen LogP contribution in [0.15, 0.2) is 36.4 Å². The van der Waals surface area contributed by atoms with Gasteiger partial charge in [-0.2, -0.15) is 0 Å². The summed E-state index contributed by atoms with van der Waals surface area (Å²) in [6.07, 6.45) is -0.534. The number of hydrogen-bond donors (Lipinski definition) is 2. The molecule has 0 heterocycles. The summed E-state index contributed by atoms with van der Waals surface area (Å²) in [4.78, 5) is 0. The molecule has 0 bridgehead atoms. The molecule has 0 aromatic heterocycles. The van der Waals surface area contributed by atoms with Gasteiger partial charge in [-0.25, -0.2) is 0 Å². The lowest BCUT2D eigenvalue weighted by Gasteiger charge is -2.16. The van der Waals surface area contributed by atoms with Gasteiger partial charge in [0.25, 0.3) is 0 Å². The molecule has 0 saturated carbocycles. The standard InChI is InChI=1S/C17H23NO3/c1-12(2)18-10-13(19)11-21-17-9-8-16(20-3)14-6-4-5-7-15(14)17/h4-9,12-13,18-19H,10-11H2,1-3H3. The Hall–Kier alpha value is -1.78. The Morgan fingerprint density at radius 1 is 1.05 bits per heavy atom. The summed E-state index contributed by atoms with van der Waals surface area (Å²) in [5.74, 6) is 1.58. The number of fused-ring (bicyclic) bond motifs is 1. The second-order valence-electron chi connectivity index (χ2n) is 5.34. The van der Waals surface area contributed by atoms with Crippen molar-refractivity contribution in [2.24, 2.45) is 0 Å². The molecule has 0 radical (unpaired) electrons. The van der Waals surface area contributed by atoms with E-state index in [0.717, 1.165) is 22.3 Å². The van der Waals surface area contributed by atoms with Crippen LogP contribution in [0.5, 0.6) is 11.5 Å². The van der Waals surface area contributed by atoms with Gasteiger partial charge in [-0.3, -0.25) is 0 Å². The molecule has 1 unspecified atom stereocenters. The third-order valence-corrected chi connectivity index (χ3v) is 3.26. The summed E-state index contributed by atoms with van der Waals surface area (Å²) in [5, 5.41) is 15.1. The highest BCUT2D eigenvalue weighted by Crippen LogP contribution is 2.32. The van der Waals surface area contributed by atoms with Crippen molar-refractivity contribution in [3.8, 4) is 11.5 Å². The zero-order chi connectivity index (χ0) is 15.2. The number of ether oxygens (including phenoxy) is 2. The highest BCUT2D eigenvalue weighted by Gasteiger charge is 2.10. The Morgan fingerprint density at radius 2 is 1.67 bits per heavy atom. The summed E-state index contributed by atoms with van der Waals surface area (Å²) in [6, 6.07) is 12.0. The molecular weight excluding hydrogens is 266 g/mol. The maximum Gasteiger partial charge on any atom is 0.127 e. The van der Waals surface area contributed by atoms with E-state index >= 15 is 0 Å². The number of aliphatic hydroxyl groups excluding tert-OH is 1. The van der Waals surface area contributed by atoms with E-state index in [1.807, 2.05) is 50.2 Å². The zero-order valence-corrected chi connectivity index (χ0v) is 12.8. The number of aliphatic hydroxyl groups is 1. The molecule has 0 saturated heterocycles. The fourth-order valence-corrected chi connectivity index (χ4v) is 2.16. The first-order valence-corrected chi connectivity index (χ1v) is 7.21. The number of nitrogens with one attached hydrogen (secondary N) is 1. The summed E-state index contributed by atoms with van der Waals surface area (Å²) < 4.78 is 11.1. The number of benzene rings is 2. The normalized spacial score (nSPS) is 12.6. The van der Waals surface area contributed by atoms with Crippen LogP contribution in [-0.2, 0) is 0 Å². The number of rotatable bonds is 7. The number of methoxy groups -OCH3 is 1. The van der Waals surface area contributed by atoms with Crippen LogP contribution < -0.4 is 14.8 Å². The molecule has 0 fully saturated rings. The minimum absolute atomic E-state index is 0.260. The first kappa shape index (κ1) is 15.6. The van der Waals surface area contributed by atoms with Gasteiger partial charge in [0.1, 0.15) is 24.2 Å². The van der Waals surface area contributed by atoms with Gasteiger partial charge in [0.05, 0.1) is 7.11 Å². The van der Waals surface area contributed by atoms with E-state index in [-0.39, 0.29) is 6.61 Å². The van der Waals surface area contributed by atoms with E-state index in [0.29, 0.717) is 12.6 Å². The third kappa shape index (κ3) is 4.09. The molecule has 0 aliphatic rings. The second kappa shape index (κ2) is 7.29. The van der Waals surface area contributed by atoms with Crippen LogP contribution in [0.3, 0.4) is 0 Å². The molecule has 114 valence electrons. The molecule has 2 aromatic rings. The van der Waals surface area contributed by atoms with Crippen LogP contribution >= 0.6 is 0 Å². The molecule has 0 aliphatic carbocycles. The predicted molar refractivity (Wildman–Crippen MR) is 85.1 cm³/mol. The van der Waals surface area contributed by atoms with Crippen LogP contribution in [0, 0.1) is 0 Å². The lowest BCUT2D eigenvalue weighted by Crippen LogP contribution is -2.35. The van der Waals surface area contributed by atoms with E-state index in [1.54, 1.807) is 7.11 Å². The Kier molecular flexibility index (Phi) is 5.42. The largest absolute Gasteiger partial charge is 0.496 e. The van der Waals surface area contributed by atoms with E-state index < -0.39 is 6.10 Å². The average Bonchev–Trinajstić information content (AvgIpc) is 2.50. The van der Waals surface area contributed by atoms with Crippen molar-refractivity contribution >= 4 is 10.8 Å². The van der Waals surface area contributed by atoms with Gasteiger partial charge in [0.2, 0.25) is 0 Å². The lowest BCUT2D eigenvalue weighted by molar-refractivity contribution is 0.105. The summed E-state index contributed by atoms with van der Waals surface area (Å²) >= 11 is 0. The predicted octanol–water partition coefficient (Wildman–Crippen LogP) is 2.59. The van der Waals surface area contributed by atoms with Gasteiger partial charge in [-0.05, 0) is 12.1 Å². The van der Waals surface area contributed by atoms with Crippen molar-refractivity contribution in [2.45, 2.75) is 26.0 Å². The first-order valence-electron chi connectivity index (χ1n) is 7.21. The molecule has 0 spiro atoms. The highest BCUT2D eigenvalue weighted by molar-refractivity contribution is 5.93. The van der Waals surface area contributed by atoms with Crippen LogP contribution in [0.4, 0.5) is 0 Å². The van der Waals surface area contributed by atoms with E-state index in [9.17, 15) is 5.11 Å². The van der Waals surface area contributed by atoms with E-state index in [4.69, 9.17) is 9.47 Å². The minimum Gasteiger partial charge on any atom is -0.496 e. The van der Waals surface area contributed by atoms with E-state index in [2.05, 4.69) is 5.32 Å². The van der Waals surface area contributed by atoms with Gasteiger partial charge in [0, 0.05) is 23.4 Å². The Bertz CT molecular complexity index is 583. The van der Waals surface area contributed by atoms with Gasteiger partial charge < -0.3 is 19.9 Å². The Morgan fingerprint density at radius 3 is 2.29 bits per heavy atom. The average molecular weight is 289 g/mol. The second-order valence-corrected chi connectivity index (χ2v) is 5.34. The van der Waals surface area contributed by atoms with Crippen molar-refractivity contribution in [3.63, 3.8) is 0 Å². The highest BCUT2D eigenvalue weighted by atomic mass is 16.5. The SMILES string of the molecule is COc1ccc(OCC(O)CNC(C)C)c2ccccc12. The maximum atomic E-state index is 9.92. The van der Waals surface area contributed by atoms with Crippen LogP contribution in [0.1, 0.15) is 13.8 Å². The first-order chi connectivity index (χ1) is 10.1. The van der Waals surface area contributed by atoms with Crippen LogP contribution in [-0.4, -0.2) is 37.5 Å². The lowest BCUT2D eigenvalue weighted by atomic mass is 10.1. The summed E-state index contributed by atoms with van der Waals surface area (Å²) in [7, 11) is 1.66. The van der Waals surface area contributed by atoms with Crippen molar-refractivity contribution in [3.05, 3.63) is 36.4 Å².